The number of azo groups is 1. The minimum Gasteiger partial charge on any atom is -0.151 e. The van der Waals surface area contributed by atoms with Crippen molar-refractivity contribution in [2.24, 2.45) is 10.2 Å². The van der Waals surface area contributed by atoms with Gasteiger partial charge in [0.25, 0.3) is 0 Å². The van der Waals surface area contributed by atoms with E-state index in [-0.39, 0.29) is 0 Å². The highest BCUT2D eigenvalue weighted by Gasteiger charge is 1.96. The summed E-state index contributed by atoms with van der Waals surface area (Å²) < 4.78 is 0. The van der Waals surface area contributed by atoms with Gasteiger partial charge in [0.2, 0.25) is 0 Å². The molecule has 134 valence electrons. The third-order valence-corrected chi connectivity index (χ3v) is 4.51. The molecular weight excluding hydrogens is 304 g/mol. The Morgan fingerprint density at radius 1 is 0.520 bits per heavy atom. The Morgan fingerprint density at radius 3 is 1.52 bits per heavy atom. The maximum absolute atomic E-state index is 4.35. The van der Waals surface area contributed by atoms with Crippen molar-refractivity contribution in [2.45, 2.75) is 71.6 Å². The molecule has 2 nitrogen and oxygen atoms in total. The van der Waals surface area contributed by atoms with E-state index in [1.807, 2.05) is 12.1 Å². The van der Waals surface area contributed by atoms with Crippen molar-refractivity contribution < 1.29 is 0 Å². The van der Waals surface area contributed by atoms with Crippen LogP contribution in [0.25, 0.3) is 0 Å². The molecule has 0 unspecified atom stereocenters. The lowest BCUT2D eigenvalue weighted by molar-refractivity contribution is 0.607. The van der Waals surface area contributed by atoms with Crippen molar-refractivity contribution in [3.63, 3.8) is 0 Å². The summed E-state index contributed by atoms with van der Waals surface area (Å²) in [4.78, 5) is 0. The number of unbranched alkanes of at least 4 members (excludes halogenated alkanes) is 5. The highest BCUT2D eigenvalue weighted by Crippen LogP contribution is 2.20. The summed E-state index contributed by atoms with van der Waals surface area (Å²) in [6, 6.07) is 16.9. The molecule has 0 radical (unpaired) electrons. The Morgan fingerprint density at radius 2 is 1.00 bits per heavy atom. The van der Waals surface area contributed by atoms with E-state index in [0.717, 1.165) is 17.8 Å². The second-order valence-electron chi connectivity index (χ2n) is 6.80. The molecule has 0 saturated carbocycles. The van der Waals surface area contributed by atoms with Crippen LogP contribution >= 0.6 is 0 Å². The number of hydrogen-bond donors (Lipinski definition) is 0. The predicted molar refractivity (Wildman–Crippen MR) is 108 cm³/mol. The molecule has 0 bridgehead atoms. The lowest BCUT2D eigenvalue weighted by Crippen LogP contribution is -1.85. The van der Waals surface area contributed by atoms with E-state index >= 15 is 0 Å². The Bertz CT molecular complexity index is 612. The van der Waals surface area contributed by atoms with Crippen LogP contribution in [0.2, 0.25) is 0 Å². The van der Waals surface area contributed by atoms with Crippen molar-refractivity contribution in [3.8, 4) is 0 Å². The molecule has 0 aromatic heterocycles. The molecular formula is C23H32N2. The standard InChI is InChI=1S/C23H32N2/c1-3-5-6-7-8-9-11-21-14-18-23(19-15-21)25-24-22-16-12-20(10-4-2)13-17-22/h12-19H,3-11H2,1-2H3/b25-24+. The molecule has 0 heterocycles. The molecule has 0 aliphatic rings. The van der Waals surface area contributed by atoms with E-state index in [1.165, 1.54) is 62.5 Å². The SMILES string of the molecule is CCCCCCCCc1ccc(/N=N/c2ccc(CCC)cc2)cc1. The van der Waals surface area contributed by atoms with Gasteiger partial charge in [-0.25, -0.2) is 0 Å². The van der Waals surface area contributed by atoms with Crippen molar-refractivity contribution in [3.05, 3.63) is 59.7 Å². The molecule has 0 N–H and O–H groups in total. The number of aryl methyl sites for hydroxylation is 2. The van der Waals surface area contributed by atoms with Gasteiger partial charge in [-0.1, -0.05) is 76.6 Å². The highest BCUT2D eigenvalue weighted by molar-refractivity contribution is 5.42. The van der Waals surface area contributed by atoms with Crippen LogP contribution < -0.4 is 0 Å². The fourth-order valence-electron chi connectivity index (χ4n) is 2.97. The summed E-state index contributed by atoms with van der Waals surface area (Å²) >= 11 is 0. The van der Waals surface area contributed by atoms with Crippen LogP contribution in [0.15, 0.2) is 58.8 Å². The van der Waals surface area contributed by atoms with Gasteiger partial charge >= 0.3 is 0 Å². The quantitative estimate of drug-likeness (QED) is 0.294. The normalized spacial score (nSPS) is 11.3. The molecule has 25 heavy (non-hydrogen) atoms. The molecule has 0 amide bonds. The number of rotatable bonds is 11. The van der Waals surface area contributed by atoms with Gasteiger partial charge in [0.05, 0.1) is 11.4 Å². The molecule has 2 heteroatoms. The zero-order valence-corrected chi connectivity index (χ0v) is 15.9. The van der Waals surface area contributed by atoms with Gasteiger partial charge < -0.3 is 0 Å². The monoisotopic (exact) mass is 336 g/mol. The van der Waals surface area contributed by atoms with Gasteiger partial charge in [0.15, 0.2) is 0 Å². The van der Waals surface area contributed by atoms with Crippen molar-refractivity contribution in [1.82, 2.24) is 0 Å². The van der Waals surface area contributed by atoms with Gasteiger partial charge in [-0.3, -0.25) is 0 Å². The van der Waals surface area contributed by atoms with Crippen LogP contribution in [-0.4, -0.2) is 0 Å². The molecule has 0 spiro atoms. The first-order valence-corrected chi connectivity index (χ1v) is 9.91. The van der Waals surface area contributed by atoms with Gasteiger partial charge in [0.1, 0.15) is 0 Å². The van der Waals surface area contributed by atoms with Gasteiger partial charge in [-0.2, -0.15) is 10.2 Å². The Balaban J connectivity index is 1.77. The Labute approximate surface area is 153 Å². The van der Waals surface area contributed by atoms with Crippen LogP contribution in [0, 0.1) is 0 Å². The number of nitrogens with zero attached hydrogens (tertiary/aromatic N) is 2. The summed E-state index contributed by atoms with van der Waals surface area (Å²) in [5.41, 5.74) is 4.60. The second-order valence-corrected chi connectivity index (χ2v) is 6.80. The largest absolute Gasteiger partial charge is 0.151 e. The Kier molecular flexibility index (Phi) is 8.96. The molecule has 0 aliphatic heterocycles. The predicted octanol–water partition coefficient (Wildman–Crippen LogP) is 7.96. The third-order valence-electron chi connectivity index (χ3n) is 4.51. The van der Waals surface area contributed by atoms with Crippen LogP contribution in [0.1, 0.15) is 69.9 Å². The zero-order chi connectivity index (χ0) is 17.7. The molecule has 2 aromatic carbocycles. The summed E-state index contributed by atoms with van der Waals surface area (Å²) in [5.74, 6) is 0. The first-order chi connectivity index (χ1) is 12.3. The Hall–Kier alpha value is -1.96. The first kappa shape index (κ1) is 19.4. The maximum atomic E-state index is 4.35. The maximum Gasteiger partial charge on any atom is 0.0857 e. The molecule has 0 saturated heterocycles. The summed E-state index contributed by atoms with van der Waals surface area (Å²) in [6.07, 6.45) is 11.5. The van der Waals surface area contributed by atoms with E-state index < -0.39 is 0 Å². The molecule has 0 atom stereocenters. The summed E-state index contributed by atoms with van der Waals surface area (Å²) in [6.45, 7) is 4.46. The van der Waals surface area contributed by atoms with E-state index in [1.54, 1.807) is 0 Å². The first-order valence-electron chi connectivity index (χ1n) is 9.91. The van der Waals surface area contributed by atoms with Gasteiger partial charge in [-0.05, 0) is 54.7 Å². The third kappa shape index (κ3) is 7.64. The lowest BCUT2D eigenvalue weighted by atomic mass is 10.0. The minimum absolute atomic E-state index is 0.913. The smallest absolute Gasteiger partial charge is 0.0857 e. The zero-order valence-electron chi connectivity index (χ0n) is 15.9. The second kappa shape index (κ2) is 11.6. The highest BCUT2D eigenvalue weighted by atomic mass is 15.1. The number of hydrogen-bond acceptors (Lipinski definition) is 2. The van der Waals surface area contributed by atoms with E-state index in [0.29, 0.717) is 0 Å². The van der Waals surface area contributed by atoms with Gasteiger partial charge in [0, 0.05) is 0 Å². The fraction of sp³-hybridized carbons (Fsp3) is 0.478. The van der Waals surface area contributed by atoms with Crippen molar-refractivity contribution in [1.29, 1.82) is 0 Å². The van der Waals surface area contributed by atoms with Crippen LogP contribution in [0.4, 0.5) is 11.4 Å². The van der Waals surface area contributed by atoms with E-state index in [4.69, 9.17) is 0 Å². The van der Waals surface area contributed by atoms with Gasteiger partial charge in [-0.15, -0.1) is 0 Å². The lowest BCUT2D eigenvalue weighted by Gasteiger charge is -2.02. The minimum atomic E-state index is 0.913. The fourth-order valence-corrected chi connectivity index (χ4v) is 2.97. The summed E-state index contributed by atoms with van der Waals surface area (Å²) in [7, 11) is 0. The average molecular weight is 337 g/mol. The number of benzene rings is 2. The van der Waals surface area contributed by atoms with E-state index in [9.17, 15) is 0 Å². The molecule has 0 fully saturated rings. The van der Waals surface area contributed by atoms with Crippen LogP contribution in [0.3, 0.4) is 0 Å². The molecule has 0 aliphatic carbocycles. The van der Waals surface area contributed by atoms with Crippen LogP contribution in [0.5, 0.6) is 0 Å². The van der Waals surface area contributed by atoms with E-state index in [2.05, 4.69) is 60.5 Å². The molecule has 2 rings (SSSR count). The molecule has 2 aromatic rings. The van der Waals surface area contributed by atoms with Crippen LogP contribution in [-0.2, 0) is 12.8 Å². The van der Waals surface area contributed by atoms with Crippen molar-refractivity contribution in [2.75, 3.05) is 0 Å². The summed E-state index contributed by atoms with van der Waals surface area (Å²) in [5, 5.41) is 8.68. The average Bonchev–Trinajstić information content (AvgIpc) is 2.65. The topological polar surface area (TPSA) is 24.7 Å². The van der Waals surface area contributed by atoms with Crippen molar-refractivity contribution >= 4 is 11.4 Å².